The van der Waals surface area contributed by atoms with Gasteiger partial charge in [-0.1, -0.05) is 20.8 Å². The van der Waals surface area contributed by atoms with Gasteiger partial charge in [0.05, 0.1) is 6.10 Å². The van der Waals surface area contributed by atoms with Crippen molar-refractivity contribution in [3.8, 4) is 0 Å². The normalized spacial score (nSPS) is 63.6. The molecule has 3 aliphatic carbocycles. The second-order valence-electron chi connectivity index (χ2n) is 7.79. The van der Waals surface area contributed by atoms with Crippen LogP contribution in [-0.4, -0.2) is 28.2 Å². The van der Waals surface area contributed by atoms with Gasteiger partial charge in [0.1, 0.15) is 5.60 Å². The van der Waals surface area contributed by atoms with Crippen LogP contribution < -0.4 is 0 Å². The highest BCUT2D eigenvalue weighted by molar-refractivity contribution is 5.90. The summed E-state index contributed by atoms with van der Waals surface area (Å²) in [6.07, 6.45) is 1.66. The molecular formula is C15H22O3. The monoisotopic (exact) mass is 250 g/mol. The van der Waals surface area contributed by atoms with E-state index in [9.17, 15) is 9.90 Å². The predicted octanol–water partition coefficient (Wildman–Crippen LogP) is 1.78. The van der Waals surface area contributed by atoms with E-state index in [-0.39, 0.29) is 17.3 Å². The average molecular weight is 250 g/mol. The first-order valence-corrected chi connectivity index (χ1v) is 7.18. The topological polar surface area (TPSA) is 49.8 Å². The first-order valence-electron chi connectivity index (χ1n) is 7.18. The maximum atomic E-state index is 12.4. The molecule has 7 unspecified atom stereocenters. The molecule has 1 heterocycles. The molecule has 3 saturated carbocycles. The lowest BCUT2D eigenvalue weighted by molar-refractivity contribution is -0.146. The maximum absolute atomic E-state index is 12.4. The zero-order chi connectivity index (χ0) is 13.1. The van der Waals surface area contributed by atoms with Gasteiger partial charge in [0.2, 0.25) is 0 Å². The first kappa shape index (κ1) is 11.4. The van der Waals surface area contributed by atoms with Gasteiger partial charge in [0, 0.05) is 12.3 Å². The van der Waals surface area contributed by atoms with Crippen LogP contribution in [0.3, 0.4) is 0 Å². The summed E-state index contributed by atoms with van der Waals surface area (Å²) in [5.74, 6) is 1.94. The Kier molecular flexibility index (Phi) is 1.72. The molecule has 7 atom stereocenters. The fraction of sp³-hybridized carbons (Fsp3) is 0.933. The van der Waals surface area contributed by atoms with Crippen LogP contribution >= 0.6 is 0 Å². The van der Waals surface area contributed by atoms with Crippen LogP contribution in [0, 0.1) is 29.1 Å². The number of rotatable bonds is 0. The fourth-order valence-corrected chi connectivity index (χ4v) is 5.50. The molecule has 1 spiro atoms. The van der Waals surface area contributed by atoms with E-state index in [2.05, 4.69) is 20.8 Å². The third kappa shape index (κ3) is 0.935. The fourth-order valence-electron chi connectivity index (χ4n) is 5.50. The Labute approximate surface area is 108 Å². The molecule has 4 fully saturated rings. The van der Waals surface area contributed by atoms with E-state index < -0.39 is 11.2 Å². The van der Waals surface area contributed by atoms with Crippen LogP contribution in [0.5, 0.6) is 0 Å². The second kappa shape index (κ2) is 2.71. The summed E-state index contributed by atoms with van der Waals surface area (Å²) >= 11 is 0. The van der Waals surface area contributed by atoms with Crippen LogP contribution in [-0.2, 0) is 9.53 Å². The van der Waals surface area contributed by atoms with Crippen LogP contribution in [0.15, 0.2) is 0 Å². The average Bonchev–Trinajstić information content (AvgIpc) is 3.05. The summed E-state index contributed by atoms with van der Waals surface area (Å²) in [6, 6.07) is 0. The van der Waals surface area contributed by atoms with Gasteiger partial charge in [-0.25, -0.2) is 0 Å². The van der Waals surface area contributed by atoms with E-state index in [1.165, 1.54) is 0 Å². The smallest absolute Gasteiger partial charge is 0.167 e. The lowest BCUT2D eigenvalue weighted by Gasteiger charge is -2.35. The Morgan fingerprint density at radius 3 is 2.61 bits per heavy atom. The van der Waals surface area contributed by atoms with Crippen molar-refractivity contribution in [3.63, 3.8) is 0 Å². The number of ketones is 1. The van der Waals surface area contributed by atoms with Crippen molar-refractivity contribution < 1.29 is 14.6 Å². The molecule has 0 bridgehead atoms. The lowest BCUT2D eigenvalue weighted by atomic mass is 9.72. The van der Waals surface area contributed by atoms with Crippen LogP contribution in [0.4, 0.5) is 0 Å². The van der Waals surface area contributed by atoms with Crippen molar-refractivity contribution in [2.24, 2.45) is 29.1 Å². The number of aliphatic hydroxyl groups is 1. The molecule has 18 heavy (non-hydrogen) atoms. The van der Waals surface area contributed by atoms with Gasteiger partial charge < -0.3 is 9.84 Å². The SMILES string of the molecule is CC1CC2OC23C1C1C(CC(=O)C3(C)O)C1(C)C. The molecule has 1 N–H and O–H groups in total. The van der Waals surface area contributed by atoms with E-state index in [4.69, 9.17) is 4.74 Å². The highest BCUT2D eigenvalue weighted by atomic mass is 16.6. The molecule has 0 aromatic carbocycles. The number of carbonyl (C=O) groups excluding carboxylic acids is 1. The van der Waals surface area contributed by atoms with Crippen LogP contribution in [0.1, 0.15) is 40.5 Å². The Morgan fingerprint density at radius 2 is 1.94 bits per heavy atom. The minimum Gasteiger partial charge on any atom is -0.379 e. The molecule has 0 amide bonds. The molecule has 3 nitrogen and oxygen atoms in total. The van der Waals surface area contributed by atoms with Gasteiger partial charge in [0.15, 0.2) is 11.4 Å². The summed E-state index contributed by atoms with van der Waals surface area (Å²) in [5, 5.41) is 10.7. The van der Waals surface area contributed by atoms with E-state index in [0.29, 0.717) is 30.1 Å². The van der Waals surface area contributed by atoms with Gasteiger partial charge in [-0.3, -0.25) is 4.79 Å². The molecule has 0 aromatic rings. The summed E-state index contributed by atoms with van der Waals surface area (Å²) in [5.41, 5.74) is -1.56. The second-order valence-corrected chi connectivity index (χ2v) is 7.79. The van der Waals surface area contributed by atoms with E-state index in [1.54, 1.807) is 6.92 Å². The number of Topliss-reactive ketones (excluding diaryl/α,β-unsaturated/α-hetero) is 1. The van der Waals surface area contributed by atoms with Crippen molar-refractivity contribution in [2.45, 2.75) is 57.8 Å². The van der Waals surface area contributed by atoms with Gasteiger partial charge in [0.25, 0.3) is 0 Å². The van der Waals surface area contributed by atoms with Gasteiger partial charge in [-0.15, -0.1) is 0 Å². The Hall–Kier alpha value is -0.410. The summed E-state index contributed by atoms with van der Waals surface area (Å²) in [6.45, 7) is 8.49. The zero-order valence-electron chi connectivity index (χ0n) is 11.6. The van der Waals surface area contributed by atoms with E-state index in [0.717, 1.165) is 6.42 Å². The van der Waals surface area contributed by atoms with Crippen LogP contribution in [0.2, 0.25) is 0 Å². The molecule has 4 rings (SSSR count). The molecule has 1 aliphatic heterocycles. The molecule has 1 saturated heterocycles. The molecule has 100 valence electrons. The Bertz CT molecular complexity index is 453. The molecule has 0 aromatic heterocycles. The molecule has 0 radical (unpaired) electrons. The van der Waals surface area contributed by atoms with Gasteiger partial charge in [-0.2, -0.15) is 0 Å². The minimum atomic E-state index is -1.27. The van der Waals surface area contributed by atoms with Crippen molar-refractivity contribution in [1.82, 2.24) is 0 Å². The third-order valence-corrected chi connectivity index (χ3v) is 6.69. The Balaban J connectivity index is 1.85. The Morgan fingerprint density at radius 1 is 1.28 bits per heavy atom. The van der Waals surface area contributed by atoms with Crippen molar-refractivity contribution >= 4 is 5.78 Å². The summed E-state index contributed by atoms with van der Waals surface area (Å²) in [7, 11) is 0. The maximum Gasteiger partial charge on any atom is 0.167 e. The standard InChI is InChI=1S/C15H22O3/c1-7-5-10-15(18-10)11(7)12-8(13(12,2)3)6-9(16)14(15,4)17/h7-8,10-12,17H,5-6H2,1-4H3. The predicted molar refractivity (Wildman–Crippen MR) is 65.9 cm³/mol. The van der Waals surface area contributed by atoms with E-state index >= 15 is 0 Å². The molecule has 3 heteroatoms. The summed E-state index contributed by atoms with van der Waals surface area (Å²) in [4.78, 5) is 12.4. The minimum absolute atomic E-state index is 0.00201. The van der Waals surface area contributed by atoms with Gasteiger partial charge in [-0.05, 0) is 36.5 Å². The zero-order valence-corrected chi connectivity index (χ0v) is 11.6. The number of epoxide rings is 1. The number of hydrogen-bond donors (Lipinski definition) is 1. The highest BCUT2D eigenvalue weighted by Crippen LogP contribution is 2.76. The summed E-state index contributed by atoms with van der Waals surface area (Å²) < 4.78 is 5.90. The largest absolute Gasteiger partial charge is 0.379 e. The van der Waals surface area contributed by atoms with Crippen LogP contribution in [0.25, 0.3) is 0 Å². The highest BCUT2D eigenvalue weighted by Gasteiger charge is 2.84. The first-order chi connectivity index (χ1) is 8.24. The molecule has 4 aliphatic rings. The molecular weight excluding hydrogens is 228 g/mol. The van der Waals surface area contributed by atoms with Gasteiger partial charge >= 0.3 is 0 Å². The number of hydrogen-bond acceptors (Lipinski definition) is 3. The van der Waals surface area contributed by atoms with Crippen molar-refractivity contribution in [3.05, 3.63) is 0 Å². The van der Waals surface area contributed by atoms with Crippen molar-refractivity contribution in [1.29, 1.82) is 0 Å². The van der Waals surface area contributed by atoms with Crippen molar-refractivity contribution in [2.75, 3.05) is 0 Å². The lowest BCUT2D eigenvalue weighted by Crippen LogP contribution is -2.53. The number of ether oxygens (including phenoxy) is 1. The van der Waals surface area contributed by atoms with E-state index in [1.807, 2.05) is 0 Å². The number of fused-ring (bicyclic) bond motifs is 2. The third-order valence-electron chi connectivity index (χ3n) is 6.69. The quantitative estimate of drug-likeness (QED) is 0.667. The number of carbonyl (C=O) groups is 1.